The molecule has 0 bridgehead atoms. The smallest absolute Gasteiger partial charge is 0.251 e. The summed E-state index contributed by atoms with van der Waals surface area (Å²) in [5.74, 6) is -1.07. The molecule has 1 fully saturated rings. The highest BCUT2D eigenvalue weighted by molar-refractivity contribution is 5.98. The van der Waals surface area contributed by atoms with E-state index in [1.165, 1.54) is 0 Å². The first-order valence-electron chi connectivity index (χ1n) is 7.58. The summed E-state index contributed by atoms with van der Waals surface area (Å²) in [6.07, 6.45) is 0.877. The van der Waals surface area contributed by atoms with Gasteiger partial charge in [-0.15, -0.1) is 0 Å². The van der Waals surface area contributed by atoms with Crippen molar-refractivity contribution in [3.63, 3.8) is 0 Å². The topological polar surface area (TPSA) is 57.6 Å². The van der Waals surface area contributed by atoms with Crippen LogP contribution in [0, 0.1) is 11.8 Å². The number of amides is 1. The Labute approximate surface area is 125 Å². The molecule has 1 heterocycles. The number of Topliss-reactive ketones (excluding diaryl/α,β-unsaturated/α-hetero) is 1. The molecule has 1 aliphatic heterocycles. The lowest BCUT2D eigenvalue weighted by atomic mass is 9.84. The van der Waals surface area contributed by atoms with Crippen LogP contribution < -0.4 is 0 Å². The zero-order valence-corrected chi connectivity index (χ0v) is 12.7. The van der Waals surface area contributed by atoms with E-state index in [9.17, 15) is 14.7 Å². The Bertz CT molecular complexity index is 494. The molecular weight excluding hydrogens is 266 g/mol. The fraction of sp³-hybridized carbons (Fsp3) is 0.529. The van der Waals surface area contributed by atoms with Gasteiger partial charge in [0, 0.05) is 30.5 Å². The van der Waals surface area contributed by atoms with Gasteiger partial charge in [-0.3, -0.25) is 9.59 Å². The minimum atomic E-state index is -1.11. The van der Waals surface area contributed by atoms with E-state index in [-0.39, 0.29) is 11.7 Å². The number of nitrogens with zero attached hydrogens (tertiary/aromatic N) is 1. The first kappa shape index (κ1) is 15.7. The van der Waals surface area contributed by atoms with Crippen molar-refractivity contribution in [1.29, 1.82) is 0 Å². The molecule has 0 aromatic heterocycles. The molecule has 1 N–H and O–H groups in total. The number of likely N-dealkylation sites (tertiary alicyclic amines) is 1. The third-order valence-corrected chi connectivity index (χ3v) is 4.43. The summed E-state index contributed by atoms with van der Waals surface area (Å²) < 4.78 is 0. The number of benzene rings is 1. The third-order valence-electron chi connectivity index (χ3n) is 4.43. The molecule has 0 spiro atoms. The number of ketones is 1. The van der Waals surface area contributed by atoms with E-state index in [0.29, 0.717) is 18.7 Å². The molecule has 21 heavy (non-hydrogen) atoms. The van der Waals surface area contributed by atoms with E-state index in [2.05, 4.69) is 0 Å². The van der Waals surface area contributed by atoms with Crippen molar-refractivity contribution in [2.45, 2.75) is 32.8 Å². The monoisotopic (exact) mass is 289 g/mol. The standard InChI is InChI=1S/C17H23NO3/c1-12(15(19)14-8-4-3-5-9-14)13(2)16(20)17(21)18-10-6-7-11-18/h3-5,8-9,12-13,16,20H,6-7,10-11H2,1-2H3. The highest BCUT2D eigenvalue weighted by atomic mass is 16.3. The number of rotatable bonds is 5. The maximum Gasteiger partial charge on any atom is 0.251 e. The first-order valence-corrected chi connectivity index (χ1v) is 7.58. The number of carbonyl (C=O) groups excluding carboxylic acids is 2. The molecule has 0 radical (unpaired) electrons. The van der Waals surface area contributed by atoms with Crippen LogP contribution in [0.4, 0.5) is 0 Å². The number of hydrogen-bond donors (Lipinski definition) is 1. The van der Waals surface area contributed by atoms with E-state index in [1.807, 2.05) is 18.2 Å². The Morgan fingerprint density at radius 2 is 1.67 bits per heavy atom. The van der Waals surface area contributed by atoms with Crippen LogP contribution in [0.25, 0.3) is 0 Å². The fourth-order valence-corrected chi connectivity index (χ4v) is 2.73. The van der Waals surface area contributed by atoms with Crippen LogP contribution in [-0.2, 0) is 4.79 Å². The summed E-state index contributed by atoms with van der Waals surface area (Å²) in [7, 11) is 0. The van der Waals surface area contributed by atoms with Crippen LogP contribution in [-0.4, -0.2) is 40.9 Å². The summed E-state index contributed by atoms with van der Waals surface area (Å²) in [4.78, 5) is 26.3. The summed E-state index contributed by atoms with van der Waals surface area (Å²) in [5.41, 5.74) is 0.623. The predicted molar refractivity (Wildman–Crippen MR) is 80.9 cm³/mol. The fourth-order valence-electron chi connectivity index (χ4n) is 2.73. The molecule has 1 amide bonds. The summed E-state index contributed by atoms with van der Waals surface area (Å²) in [6.45, 7) is 4.97. The molecule has 3 atom stereocenters. The van der Waals surface area contributed by atoms with Gasteiger partial charge < -0.3 is 10.0 Å². The Balaban J connectivity index is 2.02. The number of hydrogen-bond acceptors (Lipinski definition) is 3. The van der Waals surface area contributed by atoms with Gasteiger partial charge in [-0.1, -0.05) is 44.2 Å². The van der Waals surface area contributed by atoms with Gasteiger partial charge in [-0.05, 0) is 12.8 Å². The third kappa shape index (κ3) is 3.50. The van der Waals surface area contributed by atoms with Crippen molar-refractivity contribution < 1.29 is 14.7 Å². The number of aliphatic hydroxyl groups excluding tert-OH is 1. The van der Waals surface area contributed by atoms with Gasteiger partial charge in [-0.25, -0.2) is 0 Å². The molecule has 1 saturated heterocycles. The van der Waals surface area contributed by atoms with Gasteiger partial charge in [0.15, 0.2) is 5.78 Å². The van der Waals surface area contributed by atoms with Crippen LogP contribution in [0.3, 0.4) is 0 Å². The van der Waals surface area contributed by atoms with Gasteiger partial charge in [0.05, 0.1) is 0 Å². The molecule has 4 heteroatoms. The maximum absolute atomic E-state index is 12.4. The van der Waals surface area contributed by atoms with Crippen molar-refractivity contribution >= 4 is 11.7 Å². The number of carbonyl (C=O) groups is 2. The van der Waals surface area contributed by atoms with E-state index in [0.717, 1.165) is 12.8 Å². The molecule has 2 rings (SSSR count). The molecule has 1 aromatic carbocycles. The molecule has 1 aromatic rings. The van der Waals surface area contributed by atoms with Crippen LogP contribution in [0.15, 0.2) is 30.3 Å². The average Bonchev–Trinajstić information content (AvgIpc) is 3.06. The minimum absolute atomic E-state index is 0.0311. The summed E-state index contributed by atoms with van der Waals surface area (Å²) in [5, 5.41) is 10.3. The Morgan fingerprint density at radius 3 is 2.24 bits per heavy atom. The van der Waals surface area contributed by atoms with Gasteiger partial charge in [-0.2, -0.15) is 0 Å². The largest absolute Gasteiger partial charge is 0.383 e. The van der Waals surface area contributed by atoms with E-state index >= 15 is 0 Å². The highest BCUT2D eigenvalue weighted by Gasteiger charge is 2.34. The Morgan fingerprint density at radius 1 is 1.10 bits per heavy atom. The lowest BCUT2D eigenvalue weighted by Crippen LogP contribution is -2.43. The maximum atomic E-state index is 12.4. The predicted octanol–water partition coefficient (Wildman–Crippen LogP) is 2.12. The quantitative estimate of drug-likeness (QED) is 0.845. The van der Waals surface area contributed by atoms with Crippen molar-refractivity contribution in [3.05, 3.63) is 35.9 Å². The minimum Gasteiger partial charge on any atom is -0.383 e. The molecule has 0 aliphatic carbocycles. The SMILES string of the molecule is CC(C(=O)c1ccccc1)C(C)C(O)C(=O)N1CCCC1. The van der Waals surface area contributed by atoms with Crippen LogP contribution in [0.1, 0.15) is 37.0 Å². The van der Waals surface area contributed by atoms with Gasteiger partial charge in [0.1, 0.15) is 6.10 Å². The van der Waals surface area contributed by atoms with E-state index in [1.54, 1.807) is 30.9 Å². The molecule has 114 valence electrons. The van der Waals surface area contributed by atoms with Crippen LogP contribution in [0.2, 0.25) is 0 Å². The van der Waals surface area contributed by atoms with Crippen molar-refractivity contribution in [2.75, 3.05) is 13.1 Å². The highest BCUT2D eigenvalue weighted by Crippen LogP contribution is 2.22. The Hall–Kier alpha value is -1.68. The first-order chi connectivity index (χ1) is 10.0. The summed E-state index contributed by atoms with van der Waals surface area (Å²) in [6, 6.07) is 9.02. The van der Waals surface area contributed by atoms with Crippen LogP contribution in [0.5, 0.6) is 0 Å². The van der Waals surface area contributed by atoms with Crippen molar-refractivity contribution in [2.24, 2.45) is 11.8 Å². The Kier molecular flexibility index (Phi) is 5.12. The van der Waals surface area contributed by atoms with Gasteiger partial charge >= 0.3 is 0 Å². The molecule has 4 nitrogen and oxygen atoms in total. The zero-order valence-electron chi connectivity index (χ0n) is 12.7. The zero-order chi connectivity index (χ0) is 15.4. The van der Waals surface area contributed by atoms with E-state index in [4.69, 9.17) is 0 Å². The lowest BCUT2D eigenvalue weighted by molar-refractivity contribution is -0.142. The number of aliphatic hydroxyl groups is 1. The van der Waals surface area contributed by atoms with Crippen LogP contribution >= 0.6 is 0 Å². The lowest BCUT2D eigenvalue weighted by Gasteiger charge is -2.27. The van der Waals surface area contributed by atoms with Crippen molar-refractivity contribution in [1.82, 2.24) is 4.90 Å². The molecule has 1 aliphatic rings. The van der Waals surface area contributed by atoms with E-state index < -0.39 is 17.9 Å². The second-order valence-electron chi connectivity index (χ2n) is 5.86. The second kappa shape index (κ2) is 6.85. The molecule has 0 saturated carbocycles. The van der Waals surface area contributed by atoms with Gasteiger partial charge in [0.2, 0.25) is 0 Å². The van der Waals surface area contributed by atoms with Gasteiger partial charge in [0.25, 0.3) is 5.91 Å². The summed E-state index contributed by atoms with van der Waals surface area (Å²) >= 11 is 0. The molecule has 3 unspecified atom stereocenters. The molecular formula is C17H23NO3. The normalized spacial score (nSPS) is 19.1. The average molecular weight is 289 g/mol. The second-order valence-corrected chi connectivity index (χ2v) is 5.86. The van der Waals surface area contributed by atoms with Crippen molar-refractivity contribution in [3.8, 4) is 0 Å².